The maximum atomic E-state index is 12.6. The normalized spacial score (nSPS) is 23.0. The van der Waals surface area contributed by atoms with Crippen LogP contribution in [0.5, 0.6) is 0 Å². The summed E-state index contributed by atoms with van der Waals surface area (Å²) in [4.78, 5) is 37.9. The number of H-pyrrole nitrogens is 1. The number of rotatable bonds is 2. The van der Waals surface area contributed by atoms with Crippen LogP contribution < -0.4 is 5.56 Å². The summed E-state index contributed by atoms with van der Waals surface area (Å²) < 4.78 is 6.33. The summed E-state index contributed by atoms with van der Waals surface area (Å²) in [5, 5.41) is 2.85. The highest BCUT2D eigenvalue weighted by Gasteiger charge is 2.45. The number of carbonyl (C=O) groups is 2. The van der Waals surface area contributed by atoms with Gasteiger partial charge in [0.2, 0.25) is 0 Å². The average Bonchev–Trinajstić information content (AvgIpc) is 3.24. The summed E-state index contributed by atoms with van der Waals surface area (Å²) in [6.07, 6.45) is 0. The van der Waals surface area contributed by atoms with Crippen molar-refractivity contribution in [3.8, 4) is 5.69 Å². The van der Waals surface area contributed by atoms with Gasteiger partial charge in [0.15, 0.2) is 0 Å². The van der Waals surface area contributed by atoms with Gasteiger partial charge in [0, 0.05) is 25.1 Å². The monoisotopic (exact) mass is 313 g/mol. The van der Waals surface area contributed by atoms with Crippen LogP contribution in [0.25, 0.3) is 5.69 Å². The van der Waals surface area contributed by atoms with Crippen LogP contribution in [0.2, 0.25) is 0 Å². The van der Waals surface area contributed by atoms with Crippen molar-refractivity contribution in [2.75, 3.05) is 19.7 Å². The van der Waals surface area contributed by atoms with Crippen molar-refractivity contribution in [1.82, 2.24) is 14.7 Å². The maximum absolute atomic E-state index is 12.6. The van der Waals surface area contributed by atoms with Crippen LogP contribution >= 0.6 is 0 Å². The first-order chi connectivity index (χ1) is 11.1. The third-order valence-corrected chi connectivity index (χ3v) is 4.44. The molecule has 118 valence electrons. The number of carbonyl (C=O) groups excluding carboxylic acids is 2. The summed E-state index contributed by atoms with van der Waals surface area (Å²) in [5.74, 6) is -0.670. The molecule has 0 saturated carbocycles. The lowest BCUT2D eigenvalue weighted by Gasteiger charge is -2.16. The van der Waals surface area contributed by atoms with E-state index < -0.39 is 0 Å². The van der Waals surface area contributed by atoms with Crippen LogP contribution in [-0.2, 0) is 9.53 Å². The van der Waals surface area contributed by atoms with E-state index in [-0.39, 0.29) is 35.0 Å². The van der Waals surface area contributed by atoms with Gasteiger partial charge >= 0.3 is 5.97 Å². The van der Waals surface area contributed by atoms with Crippen LogP contribution in [-0.4, -0.2) is 46.3 Å². The molecule has 7 heteroatoms. The number of amides is 1. The van der Waals surface area contributed by atoms with Gasteiger partial charge in [0.1, 0.15) is 5.69 Å². The number of benzene rings is 1. The zero-order chi connectivity index (χ0) is 16.0. The number of hydrogen-bond acceptors (Lipinski definition) is 4. The van der Waals surface area contributed by atoms with Crippen molar-refractivity contribution < 1.29 is 14.3 Å². The number of esters is 1. The quantitative estimate of drug-likeness (QED) is 0.814. The van der Waals surface area contributed by atoms with Gasteiger partial charge in [0.25, 0.3) is 11.5 Å². The molecule has 23 heavy (non-hydrogen) atoms. The van der Waals surface area contributed by atoms with Crippen LogP contribution in [0, 0.1) is 11.8 Å². The largest absolute Gasteiger partial charge is 0.465 e. The molecule has 0 bridgehead atoms. The summed E-state index contributed by atoms with van der Waals surface area (Å²) >= 11 is 0. The molecule has 0 aliphatic carbocycles. The number of nitrogens with one attached hydrogen (secondary N) is 1. The lowest BCUT2D eigenvalue weighted by Crippen LogP contribution is -2.31. The number of cyclic esters (lactones) is 1. The second kappa shape index (κ2) is 5.12. The highest BCUT2D eigenvalue weighted by Crippen LogP contribution is 2.30. The van der Waals surface area contributed by atoms with Crippen molar-refractivity contribution in [2.24, 2.45) is 11.8 Å². The molecule has 4 rings (SSSR count). The minimum Gasteiger partial charge on any atom is -0.465 e. The van der Waals surface area contributed by atoms with Gasteiger partial charge in [-0.3, -0.25) is 19.5 Å². The van der Waals surface area contributed by atoms with E-state index in [9.17, 15) is 14.4 Å². The molecule has 7 nitrogen and oxygen atoms in total. The molecule has 2 atom stereocenters. The number of aromatic amines is 1. The van der Waals surface area contributed by atoms with Crippen LogP contribution in [0.4, 0.5) is 0 Å². The molecule has 1 aromatic carbocycles. The Balaban J connectivity index is 1.59. The van der Waals surface area contributed by atoms with Gasteiger partial charge in [-0.05, 0) is 12.1 Å². The Morgan fingerprint density at radius 3 is 2.70 bits per heavy atom. The first-order valence-electron chi connectivity index (χ1n) is 7.47. The molecule has 3 heterocycles. The fourth-order valence-electron chi connectivity index (χ4n) is 3.21. The Kier molecular flexibility index (Phi) is 3.07. The smallest absolute Gasteiger partial charge is 0.311 e. The standard InChI is InChI=1S/C16H15N3O4/c20-14-6-13(17-19(14)11-4-2-1-3-5-11)15(21)18-7-10-9-23-16(22)12(10)8-18/h1-6,10,12,17H,7-9H2/t10-,12-/m1/s1. The van der Waals surface area contributed by atoms with Crippen molar-refractivity contribution in [1.29, 1.82) is 0 Å². The van der Waals surface area contributed by atoms with Crippen LogP contribution in [0.15, 0.2) is 41.2 Å². The zero-order valence-electron chi connectivity index (χ0n) is 12.3. The van der Waals surface area contributed by atoms with E-state index in [4.69, 9.17) is 4.74 Å². The molecule has 2 fully saturated rings. The van der Waals surface area contributed by atoms with E-state index >= 15 is 0 Å². The Morgan fingerprint density at radius 2 is 1.96 bits per heavy atom. The van der Waals surface area contributed by atoms with Gasteiger partial charge in [-0.1, -0.05) is 18.2 Å². The highest BCUT2D eigenvalue weighted by atomic mass is 16.5. The number of para-hydroxylation sites is 1. The number of nitrogens with zero attached hydrogens (tertiary/aromatic N) is 2. The highest BCUT2D eigenvalue weighted by molar-refractivity contribution is 5.93. The van der Waals surface area contributed by atoms with Crippen molar-refractivity contribution in [3.05, 3.63) is 52.4 Å². The first-order valence-corrected chi connectivity index (χ1v) is 7.47. The Labute approximate surface area is 131 Å². The van der Waals surface area contributed by atoms with E-state index in [2.05, 4.69) is 5.10 Å². The molecule has 0 radical (unpaired) electrons. The lowest BCUT2D eigenvalue weighted by atomic mass is 10.0. The lowest BCUT2D eigenvalue weighted by molar-refractivity contribution is -0.141. The molecule has 2 saturated heterocycles. The summed E-state index contributed by atoms with van der Waals surface area (Å²) in [7, 11) is 0. The van der Waals surface area contributed by atoms with Crippen molar-refractivity contribution >= 4 is 11.9 Å². The molecule has 1 aromatic heterocycles. The molecule has 1 amide bonds. The van der Waals surface area contributed by atoms with E-state index in [0.717, 1.165) is 0 Å². The molecular weight excluding hydrogens is 298 g/mol. The van der Waals surface area contributed by atoms with E-state index in [0.29, 0.717) is 25.4 Å². The third-order valence-electron chi connectivity index (χ3n) is 4.44. The molecular formula is C16H15N3O4. The second-order valence-electron chi connectivity index (χ2n) is 5.89. The fraction of sp³-hybridized carbons (Fsp3) is 0.312. The first kappa shape index (κ1) is 13.8. The van der Waals surface area contributed by atoms with E-state index in [1.54, 1.807) is 17.0 Å². The minimum atomic E-state index is -0.293. The van der Waals surface area contributed by atoms with Crippen molar-refractivity contribution in [3.63, 3.8) is 0 Å². The van der Waals surface area contributed by atoms with Crippen molar-refractivity contribution in [2.45, 2.75) is 0 Å². The van der Waals surface area contributed by atoms with Gasteiger partial charge in [0.05, 0.1) is 18.2 Å². The topological polar surface area (TPSA) is 84.4 Å². The zero-order valence-corrected chi connectivity index (χ0v) is 12.3. The minimum absolute atomic E-state index is 0.0642. The van der Waals surface area contributed by atoms with Crippen LogP contribution in [0.3, 0.4) is 0 Å². The van der Waals surface area contributed by atoms with Gasteiger partial charge < -0.3 is 9.64 Å². The van der Waals surface area contributed by atoms with Crippen LogP contribution in [0.1, 0.15) is 10.5 Å². The van der Waals surface area contributed by atoms with Gasteiger partial charge in [-0.2, -0.15) is 0 Å². The number of ether oxygens (including phenoxy) is 1. The Bertz CT molecular complexity index is 823. The number of aromatic nitrogens is 2. The molecule has 2 aromatic rings. The predicted octanol–water partition coefficient (Wildman–Crippen LogP) is 0.411. The molecule has 0 spiro atoms. The molecule has 2 aliphatic heterocycles. The number of hydrogen-bond donors (Lipinski definition) is 1. The number of fused-ring (bicyclic) bond motifs is 1. The number of likely N-dealkylation sites (tertiary alicyclic amines) is 1. The maximum Gasteiger partial charge on any atom is 0.311 e. The van der Waals surface area contributed by atoms with Gasteiger partial charge in [-0.15, -0.1) is 0 Å². The third kappa shape index (κ3) is 2.25. The Morgan fingerprint density at radius 1 is 1.17 bits per heavy atom. The van der Waals surface area contributed by atoms with E-state index in [1.807, 2.05) is 18.2 Å². The fourth-order valence-corrected chi connectivity index (χ4v) is 3.21. The predicted molar refractivity (Wildman–Crippen MR) is 80.2 cm³/mol. The molecule has 2 aliphatic rings. The van der Waals surface area contributed by atoms with E-state index in [1.165, 1.54) is 10.7 Å². The average molecular weight is 313 g/mol. The SMILES string of the molecule is O=C1OC[C@H]2CN(C(=O)c3cc(=O)n(-c4ccccc4)[nH]3)C[C@@H]12. The summed E-state index contributed by atoms with van der Waals surface area (Å²) in [5.41, 5.74) is 0.601. The molecule has 1 N–H and O–H groups in total. The summed E-state index contributed by atoms with van der Waals surface area (Å²) in [6, 6.07) is 10.3. The Hall–Kier alpha value is -2.83. The molecule has 0 unspecified atom stereocenters. The second-order valence-corrected chi connectivity index (χ2v) is 5.89. The van der Waals surface area contributed by atoms with Gasteiger partial charge in [-0.25, -0.2) is 4.68 Å². The summed E-state index contributed by atoms with van der Waals surface area (Å²) in [6.45, 7) is 1.20.